The summed E-state index contributed by atoms with van der Waals surface area (Å²) < 4.78 is 17.3. The molecule has 0 aromatic heterocycles. The third-order valence-electron chi connectivity index (χ3n) is 3.67. The van der Waals surface area contributed by atoms with Crippen LogP contribution < -0.4 is 19.5 Å². The van der Waals surface area contributed by atoms with Crippen LogP contribution in [-0.2, 0) is 13.0 Å². The van der Waals surface area contributed by atoms with Gasteiger partial charge in [-0.2, -0.15) is 0 Å². The molecule has 0 aliphatic heterocycles. The quantitative estimate of drug-likeness (QED) is 0.589. The molecular formula is C19H25BrClNO3. The van der Waals surface area contributed by atoms with Gasteiger partial charge in [0.1, 0.15) is 5.75 Å². The van der Waals surface area contributed by atoms with Crippen LogP contribution in [0.3, 0.4) is 0 Å². The minimum atomic E-state index is 0. The SMILES string of the molecule is CCOc1c(CNCCc2ccc(OC)cc2)cc(Br)cc1OC.Cl. The van der Waals surface area contributed by atoms with Crippen molar-refractivity contribution in [1.82, 2.24) is 5.32 Å². The number of nitrogens with one attached hydrogen (secondary N) is 1. The second-order valence-electron chi connectivity index (χ2n) is 5.30. The minimum absolute atomic E-state index is 0. The fraction of sp³-hybridized carbons (Fsp3) is 0.368. The monoisotopic (exact) mass is 429 g/mol. The van der Waals surface area contributed by atoms with Crippen LogP contribution in [0.4, 0.5) is 0 Å². The molecule has 0 fully saturated rings. The molecule has 2 aromatic rings. The van der Waals surface area contributed by atoms with Gasteiger partial charge in [-0.25, -0.2) is 0 Å². The molecule has 0 bridgehead atoms. The van der Waals surface area contributed by atoms with Crippen molar-refractivity contribution in [3.8, 4) is 17.2 Å². The van der Waals surface area contributed by atoms with E-state index >= 15 is 0 Å². The Balaban J connectivity index is 0.00000312. The predicted octanol–water partition coefficient (Wildman–Crippen LogP) is 4.62. The Bertz CT molecular complexity index is 650. The van der Waals surface area contributed by atoms with Gasteiger partial charge < -0.3 is 19.5 Å². The summed E-state index contributed by atoms with van der Waals surface area (Å²) in [6, 6.07) is 12.1. The molecule has 0 radical (unpaired) electrons. The number of hydrogen-bond donors (Lipinski definition) is 1. The maximum absolute atomic E-state index is 5.76. The Morgan fingerprint density at radius 1 is 1.04 bits per heavy atom. The van der Waals surface area contributed by atoms with Crippen molar-refractivity contribution in [2.45, 2.75) is 19.9 Å². The van der Waals surface area contributed by atoms with Crippen LogP contribution in [0.1, 0.15) is 18.1 Å². The fourth-order valence-corrected chi connectivity index (χ4v) is 2.95. The molecule has 2 rings (SSSR count). The smallest absolute Gasteiger partial charge is 0.165 e. The van der Waals surface area contributed by atoms with Gasteiger partial charge in [0.25, 0.3) is 0 Å². The van der Waals surface area contributed by atoms with Crippen LogP contribution in [0.15, 0.2) is 40.9 Å². The second kappa shape index (κ2) is 11.2. The van der Waals surface area contributed by atoms with Gasteiger partial charge in [0.05, 0.1) is 20.8 Å². The number of methoxy groups -OCH3 is 2. The number of halogens is 2. The van der Waals surface area contributed by atoms with E-state index in [2.05, 4.69) is 39.4 Å². The highest BCUT2D eigenvalue weighted by Gasteiger charge is 2.12. The molecule has 0 unspecified atom stereocenters. The van der Waals surface area contributed by atoms with Gasteiger partial charge >= 0.3 is 0 Å². The van der Waals surface area contributed by atoms with Crippen LogP contribution in [-0.4, -0.2) is 27.4 Å². The van der Waals surface area contributed by atoms with Crippen molar-refractivity contribution in [3.63, 3.8) is 0 Å². The van der Waals surface area contributed by atoms with E-state index in [4.69, 9.17) is 14.2 Å². The molecule has 6 heteroatoms. The molecule has 0 aliphatic rings. The summed E-state index contributed by atoms with van der Waals surface area (Å²) >= 11 is 3.52. The van der Waals surface area contributed by atoms with Gasteiger partial charge in [-0.1, -0.05) is 28.1 Å². The number of rotatable bonds is 9. The molecule has 4 nitrogen and oxygen atoms in total. The van der Waals surface area contributed by atoms with Crippen molar-refractivity contribution in [2.75, 3.05) is 27.4 Å². The van der Waals surface area contributed by atoms with E-state index in [0.717, 1.165) is 46.8 Å². The standard InChI is InChI=1S/C19H24BrNO3.ClH/c1-4-24-19-15(11-16(20)12-18(19)23-3)13-21-10-9-14-5-7-17(22-2)8-6-14;/h5-8,11-12,21H,4,9-10,13H2,1-3H3;1H. The molecule has 0 amide bonds. The van der Waals surface area contributed by atoms with Gasteiger partial charge in [-0.3, -0.25) is 0 Å². The Kier molecular flexibility index (Phi) is 9.71. The first-order valence-corrected chi connectivity index (χ1v) is 8.80. The summed E-state index contributed by atoms with van der Waals surface area (Å²) in [6.45, 7) is 4.19. The van der Waals surface area contributed by atoms with Crippen LogP contribution in [0.5, 0.6) is 17.2 Å². The van der Waals surface area contributed by atoms with E-state index in [1.807, 2.05) is 25.1 Å². The lowest BCUT2D eigenvalue weighted by molar-refractivity contribution is 0.306. The van der Waals surface area contributed by atoms with Crippen molar-refractivity contribution in [1.29, 1.82) is 0 Å². The van der Waals surface area contributed by atoms with Crippen molar-refractivity contribution in [2.24, 2.45) is 0 Å². The molecule has 0 atom stereocenters. The first kappa shape index (κ1) is 21.6. The van der Waals surface area contributed by atoms with Gasteiger partial charge in [-0.05, 0) is 49.7 Å². The zero-order valence-electron chi connectivity index (χ0n) is 14.8. The fourth-order valence-electron chi connectivity index (χ4n) is 2.46. The Labute approximate surface area is 164 Å². The molecule has 0 saturated heterocycles. The zero-order chi connectivity index (χ0) is 17.4. The lowest BCUT2D eigenvalue weighted by Crippen LogP contribution is -2.17. The minimum Gasteiger partial charge on any atom is -0.497 e. The topological polar surface area (TPSA) is 39.7 Å². The maximum atomic E-state index is 5.76. The molecule has 0 aliphatic carbocycles. The molecule has 2 aromatic carbocycles. The Hall–Kier alpha value is -1.43. The average molecular weight is 431 g/mol. The maximum Gasteiger partial charge on any atom is 0.165 e. The summed E-state index contributed by atoms with van der Waals surface area (Å²) in [4.78, 5) is 0. The number of hydrogen-bond acceptors (Lipinski definition) is 4. The van der Waals surface area contributed by atoms with Gasteiger partial charge in [0.15, 0.2) is 11.5 Å². The van der Waals surface area contributed by atoms with Crippen molar-refractivity contribution in [3.05, 3.63) is 52.0 Å². The van der Waals surface area contributed by atoms with Crippen LogP contribution in [0, 0.1) is 0 Å². The summed E-state index contributed by atoms with van der Waals surface area (Å²) in [5.41, 5.74) is 2.36. The van der Waals surface area contributed by atoms with E-state index in [9.17, 15) is 0 Å². The Morgan fingerprint density at radius 3 is 2.36 bits per heavy atom. The van der Waals surface area contributed by atoms with E-state index in [0.29, 0.717) is 6.61 Å². The molecule has 1 N–H and O–H groups in total. The van der Waals surface area contributed by atoms with Crippen LogP contribution >= 0.6 is 28.3 Å². The zero-order valence-corrected chi connectivity index (χ0v) is 17.2. The molecule has 138 valence electrons. The normalized spacial score (nSPS) is 10.1. The lowest BCUT2D eigenvalue weighted by atomic mass is 10.1. The summed E-state index contributed by atoms with van der Waals surface area (Å²) in [5.74, 6) is 2.44. The predicted molar refractivity (Wildman–Crippen MR) is 108 cm³/mol. The van der Waals surface area contributed by atoms with Crippen LogP contribution in [0.2, 0.25) is 0 Å². The summed E-state index contributed by atoms with van der Waals surface area (Å²) in [5, 5.41) is 3.47. The molecule has 0 saturated carbocycles. The third-order valence-corrected chi connectivity index (χ3v) is 4.13. The highest BCUT2D eigenvalue weighted by molar-refractivity contribution is 9.10. The van der Waals surface area contributed by atoms with E-state index in [1.165, 1.54) is 5.56 Å². The van der Waals surface area contributed by atoms with Gasteiger partial charge in [0.2, 0.25) is 0 Å². The third kappa shape index (κ3) is 6.42. The first-order valence-electron chi connectivity index (χ1n) is 8.00. The van der Waals surface area contributed by atoms with Gasteiger partial charge in [-0.15, -0.1) is 12.4 Å². The van der Waals surface area contributed by atoms with Gasteiger partial charge in [0, 0.05) is 16.6 Å². The number of benzene rings is 2. The molecule has 25 heavy (non-hydrogen) atoms. The van der Waals surface area contributed by atoms with E-state index < -0.39 is 0 Å². The lowest BCUT2D eigenvalue weighted by Gasteiger charge is -2.15. The van der Waals surface area contributed by atoms with E-state index in [1.54, 1.807) is 14.2 Å². The largest absolute Gasteiger partial charge is 0.497 e. The van der Waals surface area contributed by atoms with Crippen molar-refractivity contribution < 1.29 is 14.2 Å². The first-order chi connectivity index (χ1) is 11.7. The molecular weight excluding hydrogens is 406 g/mol. The van der Waals surface area contributed by atoms with Crippen molar-refractivity contribution >= 4 is 28.3 Å². The molecule has 0 spiro atoms. The molecule has 0 heterocycles. The number of ether oxygens (including phenoxy) is 3. The highest BCUT2D eigenvalue weighted by atomic mass is 79.9. The average Bonchev–Trinajstić information content (AvgIpc) is 2.61. The summed E-state index contributed by atoms with van der Waals surface area (Å²) in [6.07, 6.45) is 0.957. The second-order valence-corrected chi connectivity index (χ2v) is 6.22. The summed E-state index contributed by atoms with van der Waals surface area (Å²) in [7, 11) is 3.34. The Morgan fingerprint density at radius 2 is 1.76 bits per heavy atom. The van der Waals surface area contributed by atoms with E-state index in [-0.39, 0.29) is 12.4 Å². The van der Waals surface area contributed by atoms with Crippen LogP contribution in [0.25, 0.3) is 0 Å². The highest BCUT2D eigenvalue weighted by Crippen LogP contribution is 2.34.